The predicted molar refractivity (Wildman–Crippen MR) is 89.1 cm³/mol. The summed E-state index contributed by atoms with van der Waals surface area (Å²) in [5.74, 6) is -2.07. The first-order valence-corrected chi connectivity index (χ1v) is 7.93. The van der Waals surface area contributed by atoms with Crippen molar-refractivity contribution >= 4 is 17.9 Å². The average molecular weight is 364 g/mol. The molecule has 2 rings (SSSR count). The average Bonchev–Trinajstić information content (AvgIpc) is 3.48. The molecule has 1 fully saturated rings. The van der Waals surface area contributed by atoms with Gasteiger partial charge >= 0.3 is 17.9 Å². The normalized spacial score (nSPS) is 15.0. The van der Waals surface area contributed by atoms with E-state index in [-0.39, 0.29) is 49.2 Å². The molecular formula is C18H20O8. The summed E-state index contributed by atoms with van der Waals surface area (Å²) >= 11 is 0. The Morgan fingerprint density at radius 1 is 1.04 bits per heavy atom. The van der Waals surface area contributed by atoms with Crippen LogP contribution in [-0.2, 0) is 23.7 Å². The standard InChI is InChI=1S/C18H20O8/c1-3-4-23-16(19)12-7-13(17(20)24-6-5-22-2)9-14(8-12)18(21)26-11-15-10-25-15/h3,7-9,15H,1,4-6,10-11H2,2H3. The third-order valence-electron chi connectivity index (χ3n) is 3.30. The van der Waals surface area contributed by atoms with E-state index in [2.05, 4.69) is 6.58 Å². The summed E-state index contributed by atoms with van der Waals surface area (Å²) in [5, 5.41) is 0. The van der Waals surface area contributed by atoms with Crippen LogP contribution < -0.4 is 0 Å². The summed E-state index contributed by atoms with van der Waals surface area (Å²) in [6.07, 6.45) is 1.31. The molecule has 1 heterocycles. The van der Waals surface area contributed by atoms with E-state index in [0.29, 0.717) is 6.61 Å². The van der Waals surface area contributed by atoms with E-state index < -0.39 is 17.9 Å². The van der Waals surface area contributed by atoms with Gasteiger partial charge in [-0.25, -0.2) is 14.4 Å². The number of hydrogen-bond acceptors (Lipinski definition) is 8. The van der Waals surface area contributed by atoms with Crippen LogP contribution in [0.2, 0.25) is 0 Å². The number of carbonyl (C=O) groups is 3. The number of benzene rings is 1. The summed E-state index contributed by atoms with van der Waals surface area (Å²) < 4.78 is 24.9. The molecule has 0 aromatic heterocycles. The number of hydrogen-bond donors (Lipinski definition) is 0. The Kier molecular flexibility index (Phi) is 7.31. The van der Waals surface area contributed by atoms with Crippen molar-refractivity contribution in [3.05, 3.63) is 47.5 Å². The molecule has 1 aromatic carbocycles. The molecule has 0 spiro atoms. The molecule has 140 valence electrons. The summed E-state index contributed by atoms with van der Waals surface area (Å²) in [6.45, 7) is 4.37. The lowest BCUT2D eigenvalue weighted by Gasteiger charge is -2.09. The van der Waals surface area contributed by atoms with Gasteiger partial charge in [0.1, 0.15) is 25.9 Å². The van der Waals surface area contributed by atoms with Crippen LogP contribution >= 0.6 is 0 Å². The van der Waals surface area contributed by atoms with Gasteiger partial charge in [-0.3, -0.25) is 0 Å². The van der Waals surface area contributed by atoms with E-state index in [4.69, 9.17) is 23.7 Å². The molecule has 1 aromatic rings. The van der Waals surface area contributed by atoms with Crippen LogP contribution in [-0.4, -0.2) is 64.2 Å². The van der Waals surface area contributed by atoms with E-state index in [1.807, 2.05) is 0 Å². The van der Waals surface area contributed by atoms with Crippen LogP contribution in [0.4, 0.5) is 0 Å². The Morgan fingerprint density at radius 3 is 2.08 bits per heavy atom. The second-order valence-corrected chi connectivity index (χ2v) is 5.37. The summed E-state index contributed by atoms with van der Waals surface area (Å²) in [6, 6.07) is 3.89. The minimum atomic E-state index is -0.698. The van der Waals surface area contributed by atoms with Crippen LogP contribution in [0.25, 0.3) is 0 Å². The molecule has 1 unspecified atom stereocenters. The minimum Gasteiger partial charge on any atom is -0.460 e. The van der Waals surface area contributed by atoms with Crippen LogP contribution in [0.5, 0.6) is 0 Å². The number of rotatable bonds is 10. The van der Waals surface area contributed by atoms with Gasteiger partial charge in [0, 0.05) is 7.11 Å². The number of ether oxygens (including phenoxy) is 5. The Hall–Kier alpha value is -2.71. The SMILES string of the molecule is C=CCOC(=O)c1cc(C(=O)OCCOC)cc(C(=O)OCC2CO2)c1. The molecule has 0 amide bonds. The highest BCUT2D eigenvalue weighted by Crippen LogP contribution is 2.16. The van der Waals surface area contributed by atoms with Crippen molar-refractivity contribution in [2.24, 2.45) is 0 Å². The van der Waals surface area contributed by atoms with E-state index in [9.17, 15) is 14.4 Å². The van der Waals surface area contributed by atoms with Crippen molar-refractivity contribution in [2.75, 3.05) is 40.1 Å². The monoisotopic (exact) mass is 364 g/mol. The van der Waals surface area contributed by atoms with Crippen molar-refractivity contribution in [1.82, 2.24) is 0 Å². The van der Waals surface area contributed by atoms with Gasteiger partial charge in [0.05, 0.1) is 29.9 Å². The minimum absolute atomic E-state index is 0.000144. The van der Waals surface area contributed by atoms with Gasteiger partial charge in [-0.05, 0) is 18.2 Å². The van der Waals surface area contributed by atoms with E-state index in [0.717, 1.165) is 0 Å². The van der Waals surface area contributed by atoms with Gasteiger partial charge in [-0.1, -0.05) is 12.7 Å². The molecular weight excluding hydrogens is 344 g/mol. The van der Waals surface area contributed by atoms with Crippen LogP contribution in [0, 0.1) is 0 Å². The van der Waals surface area contributed by atoms with Gasteiger partial charge in [0.25, 0.3) is 0 Å². The molecule has 0 N–H and O–H groups in total. The molecule has 26 heavy (non-hydrogen) atoms. The molecule has 1 aliphatic heterocycles. The van der Waals surface area contributed by atoms with E-state index in [1.54, 1.807) is 0 Å². The molecule has 0 bridgehead atoms. The molecule has 8 heteroatoms. The zero-order valence-corrected chi connectivity index (χ0v) is 14.4. The van der Waals surface area contributed by atoms with Crippen molar-refractivity contribution in [3.8, 4) is 0 Å². The lowest BCUT2D eigenvalue weighted by molar-refractivity contribution is 0.0388. The molecule has 1 saturated heterocycles. The topological polar surface area (TPSA) is 101 Å². The van der Waals surface area contributed by atoms with Crippen molar-refractivity contribution in [3.63, 3.8) is 0 Å². The van der Waals surface area contributed by atoms with E-state index in [1.165, 1.54) is 31.4 Å². The smallest absolute Gasteiger partial charge is 0.338 e. The summed E-state index contributed by atoms with van der Waals surface area (Å²) in [7, 11) is 1.47. The molecule has 0 aliphatic carbocycles. The maximum atomic E-state index is 12.2. The highest BCUT2D eigenvalue weighted by Gasteiger charge is 2.25. The van der Waals surface area contributed by atoms with Crippen molar-refractivity contribution < 1.29 is 38.1 Å². The third kappa shape index (κ3) is 5.98. The first kappa shape index (κ1) is 19.6. The zero-order valence-electron chi connectivity index (χ0n) is 14.4. The van der Waals surface area contributed by atoms with Gasteiger partial charge in [-0.15, -0.1) is 0 Å². The number of epoxide rings is 1. The maximum Gasteiger partial charge on any atom is 0.338 e. The number of carbonyl (C=O) groups excluding carboxylic acids is 3. The van der Waals surface area contributed by atoms with Crippen LogP contribution in [0.15, 0.2) is 30.9 Å². The van der Waals surface area contributed by atoms with Gasteiger partial charge in [0.15, 0.2) is 0 Å². The van der Waals surface area contributed by atoms with Crippen molar-refractivity contribution in [1.29, 1.82) is 0 Å². The molecule has 1 atom stereocenters. The highest BCUT2D eigenvalue weighted by molar-refractivity contribution is 6.00. The molecule has 0 saturated carbocycles. The van der Waals surface area contributed by atoms with Crippen LogP contribution in [0.3, 0.4) is 0 Å². The lowest BCUT2D eigenvalue weighted by atomic mass is 10.1. The largest absolute Gasteiger partial charge is 0.460 e. The summed E-state index contributed by atoms with van der Waals surface area (Å²) in [4.78, 5) is 36.4. The lowest BCUT2D eigenvalue weighted by Crippen LogP contribution is -2.15. The molecule has 1 aliphatic rings. The first-order chi connectivity index (χ1) is 12.5. The fourth-order valence-electron chi connectivity index (χ4n) is 1.92. The fourth-order valence-corrected chi connectivity index (χ4v) is 1.92. The molecule has 0 radical (unpaired) electrons. The predicted octanol–water partition coefficient (Wildman–Crippen LogP) is 1.39. The second kappa shape index (κ2) is 9.69. The number of esters is 3. The maximum absolute atomic E-state index is 12.2. The zero-order chi connectivity index (χ0) is 18.9. The Balaban J connectivity index is 2.19. The van der Waals surface area contributed by atoms with Gasteiger partial charge < -0.3 is 23.7 Å². The highest BCUT2D eigenvalue weighted by atomic mass is 16.6. The second-order valence-electron chi connectivity index (χ2n) is 5.37. The quantitative estimate of drug-likeness (QED) is 0.202. The summed E-state index contributed by atoms with van der Waals surface area (Å²) in [5.41, 5.74) is 0.101. The Labute approximate surface area is 150 Å². The van der Waals surface area contributed by atoms with E-state index >= 15 is 0 Å². The third-order valence-corrected chi connectivity index (χ3v) is 3.30. The Morgan fingerprint density at radius 2 is 1.58 bits per heavy atom. The van der Waals surface area contributed by atoms with Gasteiger partial charge in [-0.2, -0.15) is 0 Å². The Bertz CT molecular complexity index is 678. The van der Waals surface area contributed by atoms with Crippen LogP contribution in [0.1, 0.15) is 31.1 Å². The first-order valence-electron chi connectivity index (χ1n) is 7.93. The van der Waals surface area contributed by atoms with Crippen molar-refractivity contribution in [2.45, 2.75) is 6.10 Å². The van der Waals surface area contributed by atoms with Gasteiger partial charge in [0.2, 0.25) is 0 Å². The fraction of sp³-hybridized carbons (Fsp3) is 0.389. The molecule has 8 nitrogen and oxygen atoms in total. The number of methoxy groups -OCH3 is 1.